The lowest BCUT2D eigenvalue weighted by Crippen LogP contribution is -2.04. The molecule has 0 atom stereocenters. The number of rotatable bonds is 1. The van der Waals surface area contributed by atoms with Gasteiger partial charge in [0.1, 0.15) is 5.75 Å². The average molecular weight is 369 g/mol. The molecular formula is C16H8BrF3O2. The Morgan fingerprint density at radius 2 is 1.73 bits per heavy atom. The first-order valence-corrected chi connectivity index (χ1v) is 7.05. The van der Waals surface area contributed by atoms with Crippen LogP contribution in [0, 0.1) is 0 Å². The monoisotopic (exact) mass is 368 g/mol. The number of carbonyl (C=O) groups excluding carboxylic acids is 1. The number of benzene rings is 2. The van der Waals surface area contributed by atoms with E-state index in [1.807, 2.05) is 0 Å². The van der Waals surface area contributed by atoms with Crippen LogP contribution in [0.4, 0.5) is 13.2 Å². The highest BCUT2D eigenvalue weighted by Gasteiger charge is 2.31. The number of fused-ring (bicyclic) bond motifs is 1. The van der Waals surface area contributed by atoms with Gasteiger partial charge in [-0.2, -0.15) is 13.2 Å². The van der Waals surface area contributed by atoms with E-state index in [2.05, 4.69) is 15.9 Å². The van der Waals surface area contributed by atoms with Crippen LogP contribution in [0.3, 0.4) is 0 Å². The van der Waals surface area contributed by atoms with Crippen molar-refractivity contribution in [1.82, 2.24) is 0 Å². The maximum absolute atomic E-state index is 12.5. The van der Waals surface area contributed by atoms with Gasteiger partial charge in [-0.1, -0.05) is 18.2 Å². The minimum Gasteiger partial charge on any atom is -0.452 e. The van der Waals surface area contributed by atoms with Gasteiger partial charge in [-0.3, -0.25) is 4.79 Å². The third kappa shape index (κ3) is 2.66. The lowest BCUT2D eigenvalue weighted by atomic mass is 10.1. The van der Waals surface area contributed by atoms with Gasteiger partial charge in [0.15, 0.2) is 5.76 Å². The lowest BCUT2D eigenvalue weighted by molar-refractivity contribution is -0.137. The summed E-state index contributed by atoms with van der Waals surface area (Å²) in [5.41, 5.74) is 0.139. The van der Waals surface area contributed by atoms with Crippen LogP contribution in [0.25, 0.3) is 6.08 Å². The van der Waals surface area contributed by atoms with Crippen molar-refractivity contribution in [3.05, 3.63) is 69.4 Å². The molecule has 22 heavy (non-hydrogen) atoms. The minimum atomic E-state index is -4.38. The fourth-order valence-electron chi connectivity index (χ4n) is 2.11. The molecule has 1 heterocycles. The van der Waals surface area contributed by atoms with Gasteiger partial charge in [0.25, 0.3) is 0 Å². The van der Waals surface area contributed by atoms with Crippen molar-refractivity contribution in [3.63, 3.8) is 0 Å². The highest BCUT2D eigenvalue weighted by molar-refractivity contribution is 9.10. The predicted molar refractivity (Wildman–Crippen MR) is 78.5 cm³/mol. The van der Waals surface area contributed by atoms with Gasteiger partial charge < -0.3 is 4.74 Å². The first kappa shape index (κ1) is 14.8. The Balaban J connectivity index is 1.92. The Kier molecular flexibility index (Phi) is 3.56. The number of halogens is 4. The molecule has 3 rings (SSSR count). The molecule has 0 bridgehead atoms. The molecule has 0 aliphatic carbocycles. The third-order valence-electron chi connectivity index (χ3n) is 3.18. The molecule has 0 radical (unpaired) electrons. The Bertz CT molecular complexity index is 777. The maximum atomic E-state index is 12.5. The summed E-state index contributed by atoms with van der Waals surface area (Å²) in [5.74, 6) is 0.210. The molecule has 0 saturated heterocycles. The van der Waals surface area contributed by atoms with E-state index in [-0.39, 0.29) is 11.5 Å². The molecule has 112 valence electrons. The van der Waals surface area contributed by atoms with Crippen molar-refractivity contribution >= 4 is 27.8 Å². The fraction of sp³-hybridized carbons (Fsp3) is 0.0625. The normalized spacial score (nSPS) is 15.8. The number of hydrogen-bond donors (Lipinski definition) is 0. The average Bonchev–Trinajstić information content (AvgIpc) is 2.76. The van der Waals surface area contributed by atoms with Crippen molar-refractivity contribution in [2.75, 3.05) is 0 Å². The molecular weight excluding hydrogens is 361 g/mol. The van der Waals surface area contributed by atoms with Gasteiger partial charge in [0.05, 0.1) is 11.1 Å². The summed E-state index contributed by atoms with van der Waals surface area (Å²) in [6.45, 7) is 0. The summed E-state index contributed by atoms with van der Waals surface area (Å²) in [6.07, 6.45) is -2.96. The van der Waals surface area contributed by atoms with E-state index < -0.39 is 11.7 Å². The number of carbonyl (C=O) groups is 1. The van der Waals surface area contributed by atoms with Gasteiger partial charge >= 0.3 is 6.18 Å². The SMILES string of the molecule is O=C1/C(=C/c2ccc(C(F)(F)F)cc2)Oc2cccc(Br)c21. The first-order valence-electron chi connectivity index (χ1n) is 6.26. The Hall–Kier alpha value is -2.08. The molecule has 1 aliphatic rings. The standard InChI is InChI=1S/C16H8BrF3O2/c17-11-2-1-3-12-14(11)15(21)13(22-12)8-9-4-6-10(7-5-9)16(18,19)20/h1-8H/b13-8-. The molecule has 2 aromatic rings. The molecule has 0 saturated carbocycles. The largest absolute Gasteiger partial charge is 0.452 e. The Morgan fingerprint density at radius 1 is 1.05 bits per heavy atom. The second kappa shape index (κ2) is 5.28. The van der Waals surface area contributed by atoms with Crippen molar-refractivity contribution in [3.8, 4) is 5.75 Å². The summed E-state index contributed by atoms with van der Waals surface area (Å²) >= 11 is 3.28. The van der Waals surface area contributed by atoms with Crippen LogP contribution in [-0.2, 0) is 6.18 Å². The quantitative estimate of drug-likeness (QED) is 0.655. The molecule has 2 aromatic carbocycles. The number of Topliss-reactive ketones (excluding diaryl/α,β-unsaturated/α-hetero) is 1. The summed E-state index contributed by atoms with van der Waals surface area (Å²) < 4.78 is 43.6. The Morgan fingerprint density at radius 3 is 2.32 bits per heavy atom. The van der Waals surface area contributed by atoms with Crippen LogP contribution in [0.1, 0.15) is 21.5 Å². The molecule has 0 unspecified atom stereocenters. The highest BCUT2D eigenvalue weighted by Crippen LogP contribution is 2.36. The fourth-order valence-corrected chi connectivity index (χ4v) is 2.64. The van der Waals surface area contributed by atoms with Crippen molar-refractivity contribution in [1.29, 1.82) is 0 Å². The second-order valence-electron chi connectivity index (χ2n) is 4.67. The number of hydrogen-bond acceptors (Lipinski definition) is 2. The van der Waals surface area contributed by atoms with E-state index in [0.29, 0.717) is 21.3 Å². The first-order chi connectivity index (χ1) is 10.4. The molecule has 0 N–H and O–H groups in total. The molecule has 6 heteroatoms. The zero-order chi connectivity index (χ0) is 15.9. The van der Waals surface area contributed by atoms with Crippen molar-refractivity contribution in [2.24, 2.45) is 0 Å². The van der Waals surface area contributed by atoms with E-state index in [1.165, 1.54) is 18.2 Å². The van der Waals surface area contributed by atoms with Gasteiger partial charge in [0, 0.05) is 4.47 Å². The van der Waals surface area contributed by atoms with Crippen LogP contribution in [0.15, 0.2) is 52.7 Å². The van der Waals surface area contributed by atoms with Crippen molar-refractivity contribution in [2.45, 2.75) is 6.18 Å². The van der Waals surface area contributed by atoms with Gasteiger partial charge in [0.2, 0.25) is 5.78 Å². The minimum absolute atomic E-state index is 0.0849. The lowest BCUT2D eigenvalue weighted by Gasteiger charge is -2.06. The number of ether oxygens (including phenoxy) is 1. The summed E-state index contributed by atoms with van der Waals surface area (Å²) in [7, 11) is 0. The predicted octanol–water partition coefficient (Wildman–Crippen LogP) is 5.08. The Labute approximate surface area is 132 Å². The van der Waals surface area contributed by atoms with Crippen LogP contribution >= 0.6 is 15.9 Å². The number of ketones is 1. The highest BCUT2D eigenvalue weighted by atomic mass is 79.9. The number of allylic oxidation sites excluding steroid dienone is 1. The van der Waals surface area contributed by atoms with E-state index in [9.17, 15) is 18.0 Å². The molecule has 0 aromatic heterocycles. The van der Waals surface area contributed by atoms with E-state index >= 15 is 0 Å². The van der Waals surface area contributed by atoms with Crippen LogP contribution in [0.5, 0.6) is 5.75 Å². The maximum Gasteiger partial charge on any atom is 0.416 e. The second-order valence-corrected chi connectivity index (χ2v) is 5.53. The number of alkyl halides is 3. The van der Waals surface area contributed by atoms with Gasteiger partial charge in [-0.15, -0.1) is 0 Å². The zero-order valence-corrected chi connectivity index (χ0v) is 12.5. The summed E-state index contributed by atoms with van der Waals surface area (Å²) in [6, 6.07) is 9.64. The molecule has 2 nitrogen and oxygen atoms in total. The molecule has 0 fully saturated rings. The molecule has 0 amide bonds. The van der Waals surface area contributed by atoms with Crippen molar-refractivity contribution < 1.29 is 22.7 Å². The zero-order valence-electron chi connectivity index (χ0n) is 10.9. The summed E-state index contributed by atoms with van der Waals surface area (Å²) in [4.78, 5) is 12.2. The van der Waals surface area contributed by atoms with E-state index in [1.54, 1.807) is 18.2 Å². The van der Waals surface area contributed by atoms with E-state index in [4.69, 9.17) is 4.74 Å². The third-order valence-corrected chi connectivity index (χ3v) is 3.84. The van der Waals surface area contributed by atoms with Crippen LogP contribution in [-0.4, -0.2) is 5.78 Å². The van der Waals surface area contributed by atoms with Crippen LogP contribution in [0.2, 0.25) is 0 Å². The summed E-state index contributed by atoms with van der Waals surface area (Å²) in [5, 5.41) is 0. The van der Waals surface area contributed by atoms with Crippen LogP contribution < -0.4 is 4.74 Å². The molecule has 0 spiro atoms. The van der Waals surface area contributed by atoms with E-state index in [0.717, 1.165) is 12.1 Å². The van der Waals surface area contributed by atoms with Gasteiger partial charge in [-0.05, 0) is 51.8 Å². The molecule has 1 aliphatic heterocycles. The van der Waals surface area contributed by atoms with Gasteiger partial charge in [-0.25, -0.2) is 0 Å². The smallest absolute Gasteiger partial charge is 0.416 e. The topological polar surface area (TPSA) is 26.3 Å².